The van der Waals surface area contributed by atoms with Crippen molar-refractivity contribution < 1.29 is 4.39 Å². The zero-order valence-electron chi connectivity index (χ0n) is 9.73. The lowest BCUT2D eigenvalue weighted by molar-refractivity contribution is 0.626. The summed E-state index contributed by atoms with van der Waals surface area (Å²) in [6.07, 6.45) is 3.80. The summed E-state index contributed by atoms with van der Waals surface area (Å²) >= 11 is 0. The summed E-state index contributed by atoms with van der Waals surface area (Å²) in [5, 5.41) is 11.2. The van der Waals surface area contributed by atoms with Crippen molar-refractivity contribution in [3.63, 3.8) is 0 Å². The molecule has 0 spiro atoms. The quantitative estimate of drug-likeness (QED) is 0.798. The van der Waals surface area contributed by atoms with Crippen molar-refractivity contribution in [2.75, 3.05) is 13.6 Å². The van der Waals surface area contributed by atoms with Gasteiger partial charge in [-0.25, -0.2) is 9.07 Å². The van der Waals surface area contributed by atoms with Gasteiger partial charge in [-0.05, 0) is 50.7 Å². The van der Waals surface area contributed by atoms with Gasteiger partial charge < -0.3 is 5.32 Å². The summed E-state index contributed by atoms with van der Waals surface area (Å²) in [5.41, 5.74) is 1.77. The Morgan fingerprint density at radius 2 is 2.06 bits per heavy atom. The molecule has 2 aromatic rings. The monoisotopic (exact) mass is 234 g/mol. The molecule has 5 heteroatoms. The van der Waals surface area contributed by atoms with Gasteiger partial charge in [0, 0.05) is 0 Å². The Kier molecular flexibility index (Phi) is 3.82. The van der Waals surface area contributed by atoms with E-state index in [9.17, 15) is 4.39 Å². The van der Waals surface area contributed by atoms with Crippen molar-refractivity contribution in [1.82, 2.24) is 20.3 Å². The highest BCUT2D eigenvalue weighted by Gasteiger charge is 2.02. The lowest BCUT2D eigenvalue weighted by atomic mass is 10.2. The maximum atomic E-state index is 12.8. The van der Waals surface area contributed by atoms with E-state index in [0.29, 0.717) is 0 Å². The summed E-state index contributed by atoms with van der Waals surface area (Å²) in [6, 6.07) is 6.19. The standard InChI is InChI=1S/C12H15FN4/c1-14-8-2-3-11-9-17(16-15-11)12-6-4-10(13)5-7-12/h4-7,9,14H,2-3,8H2,1H3. The normalized spacial score (nSPS) is 10.7. The van der Waals surface area contributed by atoms with E-state index < -0.39 is 0 Å². The highest BCUT2D eigenvalue weighted by atomic mass is 19.1. The van der Waals surface area contributed by atoms with Crippen LogP contribution in [-0.4, -0.2) is 28.6 Å². The molecule has 1 N–H and O–H groups in total. The van der Waals surface area contributed by atoms with Gasteiger partial charge in [0.05, 0.1) is 17.6 Å². The third-order valence-corrected chi connectivity index (χ3v) is 2.49. The van der Waals surface area contributed by atoms with Gasteiger partial charge in [0.15, 0.2) is 0 Å². The second-order valence-electron chi connectivity index (χ2n) is 3.84. The topological polar surface area (TPSA) is 42.7 Å². The molecule has 1 aromatic heterocycles. The zero-order valence-corrected chi connectivity index (χ0v) is 9.73. The van der Waals surface area contributed by atoms with Gasteiger partial charge in [-0.2, -0.15) is 0 Å². The Hall–Kier alpha value is -1.75. The van der Waals surface area contributed by atoms with Crippen molar-refractivity contribution in [3.8, 4) is 5.69 Å². The van der Waals surface area contributed by atoms with Crippen LogP contribution in [0.25, 0.3) is 5.69 Å². The lowest BCUT2D eigenvalue weighted by Gasteiger charge is -1.98. The van der Waals surface area contributed by atoms with Crippen molar-refractivity contribution in [2.45, 2.75) is 12.8 Å². The first-order valence-electron chi connectivity index (χ1n) is 5.61. The number of rotatable bonds is 5. The minimum atomic E-state index is -0.247. The molecule has 0 saturated carbocycles. The first-order chi connectivity index (χ1) is 8.29. The van der Waals surface area contributed by atoms with Crippen LogP contribution in [0, 0.1) is 5.82 Å². The Bertz CT molecular complexity index is 464. The second-order valence-corrected chi connectivity index (χ2v) is 3.84. The Morgan fingerprint density at radius 3 is 2.76 bits per heavy atom. The molecule has 1 heterocycles. The van der Waals surface area contributed by atoms with Gasteiger partial charge in [0.25, 0.3) is 0 Å². The molecule has 0 aliphatic rings. The molecule has 17 heavy (non-hydrogen) atoms. The van der Waals surface area contributed by atoms with Crippen molar-refractivity contribution in [1.29, 1.82) is 0 Å². The van der Waals surface area contributed by atoms with E-state index in [4.69, 9.17) is 0 Å². The van der Waals surface area contributed by atoms with Crippen LogP contribution in [0.2, 0.25) is 0 Å². The SMILES string of the molecule is CNCCCc1cn(-c2ccc(F)cc2)nn1. The number of benzene rings is 1. The number of aryl methyl sites for hydroxylation is 1. The van der Waals surface area contributed by atoms with Crippen LogP contribution in [0.1, 0.15) is 12.1 Å². The number of nitrogens with zero attached hydrogens (tertiary/aromatic N) is 3. The molecule has 0 aliphatic carbocycles. The molecule has 0 aliphatic heterocycles. The molecule has 0 amide bonds. The summed E-state index contributed by atoms with van der Waals surface area (Å²) in [6.45, 7) is 0.962. The zero-order chi connectivity index (χ0) is 12.1. The minimum absolute atomic E-state index is 0.247. The van der Waals surface area contributed by atoms with E-state index in [1.165, 1.54) is 12.1 Å². The highest BCUT2D eigenvalue weighted by molar-refractivity contribution is 5.30. The van der Waals surface area contributed by atoms with Gasteiger partial charge in [0.1, 0.15) is 5.82 Å². The van der Waals surface area contributed by atoms with Gasteiger partial charge in [-0.15, -0.1) is 5.10 Å². The van der Waals surface area contributed by atoms with Crippen LogP contribution in [0.5, 0.6) is 0 Å². The Balaban J connectivity index is 2.04. The minimum Gasteiger partial charge on any atom is -0.320 e. The lowest BCUT2D eigenvalue weighted by Crippen LogP contribution is -2.08. The summed E-state index contributed by atoms with van der Waals surface area (Å²) < 4.78 is 14.4. The molecule has 0 radical (unpaired) electrons. The molecular formula is C12H15FN4. The van der Waals surface area contributed by atoms with Crippen molar-refractivity contribution in [3.05, 3.63) is 42.0 Å². The molecule has 90 valence electrons. The fourth-order valence-corrected chi connectivity index (χ4v) is 1.58. The fourth-order valence-electron chi connectivity index (χ4n) is 1.58. The van der Waals surface area contributed by atoms with Crippen LogP contribution in [-0.2, 0) is 6.42 Å². The van der Waals surface area contributed by atoms with E-state index in [0.717, 1.165) is 30.8 Å². The highest BCUT2D eigenvalue weighted by Crippen LogP contribution is 2.08. The third-order valence-electron chi connectivity index (χ3n) is 2.49. The third kappa shape index (κ3) is 3.10. The average Bonchev–Trinajstić information content (AvgIpc) is 2.79. The van der Waals surface area contributed by atoms with E-state index in [1.807, 2.05) is 13.2 Å². The van der Waals surface area contributed by atoms with Crippen LogP contribution >= 0.6 is 0 Å². The number of hydrogen-bond donors (Lipinski definition) is 1. The van der Waals surface area contributed by atoms with E-state index >= 15 is 0 Å². The van der Waals surface area contributed by atoms with Crippen molar-refractivity contribution in [2.24, 2.45) is 0 Å². The van der Waals surface area contributed by atoms with E-state index in [1.54, 1.807) is 16.8 Å². The molecule has 0 bridgehead atoms. The van der Waals surface area contributed by atoms with Crippen LogP contribution in [0.15, 0.2) is 30.5 Å². The van der Waals surface area contributed by atoms with Gasteiger partial charge in [0.2, 0.25) is 0 Å². The van der Waals surface area contributed by atoms with Gasteiger partial charge in [-0.1, -0.05) is 5.21 Å². The second kappa shape index (κ2) is 5.54. The van der Waals surface area contributed by atoms with Crippen LogP contribution in [0.4, 0.5) is 4.39 Å². The van der Waals surface area contributed by atoms with Gasteiger partial charge in [-0.3, -0.25) is 0 Å². The molecule has 4 nitrogen and oxygen atoms in total. The maximum Gasteiger partial charge on any atom is 0.123 e. The largest absolute Gasteiger partial charge is 0.320 e. The first-order valence-corrected chi connectivity index (χ1v) is 5.61. The molecule has 2 rings (SSSR count). The molecular weight excluding hydrogens is 219 g/mol. The van der Waals surface area contributed by atoms with E-state index in [-0.39, 0.29) is 5.82 Å². The van der Waals surface area contributed by atoms with Crippen LogP contribution < -0.4 is 5.32 Å². The number of halogens is 1. The predicted octanol–water partition coefficient (Wildman–Crippen LogP) is 1.56. The summed E-state index contributed by atoms with van der Waals surface area (Å²) in [7, 11) is 1.93. The molecule has 0 unspecified atom stereocenters. The summed E-state index contributed by atoms with van der Waals surface area (Å²) in [4.78, 5) is 0. The average molecular weight is 234 g/mol. The van der Waals surface area contributed by atoms with Crippen LogP contribution in [0.3, 0.4) is 0 Å². The smallest absolute Gasteiger partial charge is 0.123 e. The Labute approximate surface area is 99.5 Å². The number of aromatic nitrogens is 3. The molecule has 1 aromatic carbocycles. The van der Waals surface area contributed by atoms with Crippen molar-refractivity contribution >= 4 is 0 Å². The van der Waals surface area contributed by atoms with Gasteiger partial charge >= 0.3 is 0 Å². The summed E-state index contributed by atoms with van der Waals surface area (Å²) in [5.74, 6) is -0.247. The maximum absolute atomic E-state index is 12.8. The predicted molar refractivity (Wildman–Crippen MR) is 63.6 cm³/mol. The molecule has 0 atom stereocenters. The van der Waals surface area contributed by atoms with E-state index in [2.05, 4.69) is 15.6 Å². The fraction of sp³-hybridized carbons (Fsp3) is 0.333. The molecule has 0 fully saturated rings. The number of nitrogens with one attached hydrogen (secondary N) is 1. The first kappa shape index (κ1) is 11.7. The Morgan fingerprint density at radius 1 is 1.29 bits per heavy atom. The molecule has 0 saturated heterocycles. The number of hydrogen-bond acceptors (Lipinski definition) is 3.